The van der Waals surface area contributed by atoms with Crippen molar-refractivity contribution in [2.45, 2.75) is 19.3 Å². The van der Waals surface area contributed by atoms with E-state index in [1.54, 1.807) is 24.3 Å². The quantitative estimate of drug-likeness (QED) is 0.689. The summed E-state index contributed by atoms with van der Waals surface area (Å²) in [6.45, 7) is 0. The average molecular weight is 323 g/mol. The van der Waals surface area contributed by atoms with Crippen molar-refractivity contribution in [2.75, 3.05) is 12.8 Å². The SMILES string of the molecule is COC(=O)c1c(N)c(C#N)cn1-c1ccc(C(=O)C2CCC2)cc1. The van der Waals surface area contributed by atoms with Crippen LogP contribution in [0.4, 0.5) is 5.69 Å². The van der Waals surface area contributed by atoms with E-state index in [1.165, 1.54) is 17.9 Å². The molecular weight excluding hydrogens is 306 g/mol. The molecule has 0 atom stereocenters. The number of ether oxygens (including phenoxy) is 1. The average Bonchev–Trinajstić information content (AvgIpc) is 2.89. The van der Waals surface area contributed by atoms with Crippen LogP contribution in [0.25, 0.3) is 5.69 Å². The molecule has 0 saturated heterocycles. The first-order valence-corrected chi connectivity index (χ1v) is 7.70. The van der Waals surface area contributed by atoms with Gasteiger partial charge in [-0.25, -0.2) is 4.79 Å². The second-order valence-corrected chi connectivity index (χ2v) is 5.82. The Morgan fingerprint density at radius 3 is 2.46 bits per heavy atom. The molecule has 2 N–H and O–H groups in total. The van der Waals surface area contributed by atoms with E-state index in [-0.39, 0.29) is 28.6 Å². The number of aromatic nitrogens is 1. The molecule has 3 rings (SSSR count). The molecule has 2 aromatic rings. The van der Waals surface area contributed by atoms with Crippen LogP contribution in [0.2, 0.25) is 0 Å². The highest BCUT2D eigenvalue weighted by Gasteiger charge is 2.26. The van der Waals surface area contributed by atoms with Crippen LogP contribution in [0.1, 0.15) is 45.7 Å². The molecule has 6 heteroatoms. The lowest BCUT2D eigenvalue weighted by Gasteiger charge is -2.23. The van der Waals surface area contributed by atoms with Gasteiger partial charge in [0.15, 0.2) is 11.5 Å². The van der Waals surface area contributed by atoms with Crippen molar-refractivity contribution in [3.63, 3.8) is 0 Å². The Morgan fingerprint density at radius 2 is 1.96 bits per heavy atom. The number of nitrogen functional groups attached to an aromatic ring is 1. The maximum atomic E-state index is 12.3. The summed E-state index contributed by atoms with van der Waals surface area (Å²) in [5.41, 5.74) is 7.55. The summed E-state index contributed by atoms with van der Waals surface area (Å²) in [5.74, 6) is -0.330. The molecule has 1 fully saturated rings. The van der Waals surface area contributed by atoms with E-state index in [0.717, 1.165) is 19.3 Å². The van der Waals surface area contributed by atoms with Crippen molar-refractivity contribution >= 4 is 17.4 Å². The van der Waals surface area contributed by atoms with E-state index in [2.05, 4.69) is 0 Å². The molecule has 1 heterocycles. The van der Waals surface area contributed by atoms with Crippen LogP contribution in [0.3, 0.4) is 0 Å². The lowest BCUT2D eigenvalue weighted by Crippen LogP contribution is -2.21. The first-order valence-electron chi connectivity index (χ1n) is 7.70. The second kappa shape index (κ2) is 6.20. The number of hydrogen-bond donors (Lipinski definition) is 1. The van der Waals surface area contributed by atoms with Gasteiger partial charge in [0, 0.05) is 23.4 Å². The van der Waals surface area contributed by atoms with Gasteiger partial charge in [-0.15, -0.1) is 0 Å². The van der Waals surface area contributed by atoms with Gasteiger partial charge in [0.25, 0.3) is 0 Å². The molecule has 24 heavy (non-hydrogen) atoms. The number of benzene rings is 1. The van der Waals surface area contributed by atoms with Gasteiger partial charge in [-0.1, -0.05) is 6.42 Å². The van der Waals surface area contributed by atoms with Crippen molar-refractivity contribution in [3.05, 3.63) is 47.3 Å². The van der Waals surface area contributed by atoms with Crippen molar-refractivity contribution in [1.82, 2.24) is 4.57 Å². The van der Waals surface area contributed by atoms with Crippen LogP contribution in [0, 0.1) is 17.2 Å². The van der Waals surface area contributed by atoms with Gasteiger partial charge >= 0.3 is 5.97 Å². The van der Waals surface area contributed by atoms with Gasteiger partial charge in [0.05, 0.1) is 18.4 Å². The minimum absolute atomic E-state index is 0.0824. The number of anilines is 1. The summed E-state index contributed by atoms with van der Waals surface area (Å²) >= 11 is 0. The van der Waals surface area contributed by atoms with Gasteiger partial charge in [0.2, 0.25) is 0 Å². The van der Waals surface area contributed by atoms with Crippen LogP contribution in [-0.4, -0.2) is 23.4 Å². The van der Waals surface area contributed by atoms with Crippen molar-refractivity contribution in [1.29, 1.82) is 5.26 Å². The molecule has 122 valence electrons. The molecule has 1 saturated carbocycles. The number of carbonyl (C=O) groups excluding carboxylic acids is 2. The number of nitriles is 1. The van der Waals surface area contributed by atoms with Crippen LogP contribution >= 0.6 is 0 Å². The second-order valence-electron chi connectivity index (χ2n) is 5.82. The third-order valence-electron chi connectivity index (χ3n) is 4.45. The molecule has 1 aromatic heterocycles. The van der Waals surface area contributed by atoms with E-state index < -0.39 is 5.97 Å². The van der Waals surface area contributed by atoms with Gasteiger partial charge in [-0.05, 0) is 37.1 Å². The normalized spacial score (nSPS) is 13.8. The van der Waals surface area contributed by atoms with Gasteiger partial charge in [-0.3, -0.25) is 4.79 Å². The molecule has 6 nitrogen and oxygen atoms in total. The highest BCUT2D eigenvalue weighted by molar-refractivity contribution is 5.99. The highest BCUT2D eigenvalue weighted by Crippen LogP contribution is 2.30. The van der Waals surface area contributed by atoms with E-state index >= 15 is 0 Å². The highest BCUT2D eigenvalue weighted by atomic mass is 16.5. The smallest absolute Gasteiger partial charge is 0.357 e. The predicted octanol–water partition coefficient (Wildman–Crippen LogP) is 2.70. The standard InChI is InChI=1S/C18H17N3O3/c1-24-18(23)16-15(20)13(9-19)10-21(16)14-7-5-12(6-8-14)17(22)11-3-2-4-11/h5-8,10-11H,2-4,20H2,1H3. The fraction of sp³-hybridized carbons (Fsp3) is 0.278. The minimum atomic E-state index is -0.622. The predicted molar refractivity (Wildman–Crippen MR) is 87.9 cm³/mol. The Hall–Kier alpha value is -3.07. The lowest BCUT2D eigenvalue weighted by molar-refractivity contribution is 0.0592. The number of esters is 1. The number of rotatable bonds is 4. The van der Waals surface area contributed by atoms with Crippen LogP contribution in [-0.2, 0) is 4.74 Å². The Morgan fingerprint density at radius 1 is 1.29 bits per heavy atom. The minimum Gasteiger partial charge on any atom is -0.464 e. The summed E-state index contributed by atoms with van der Waals surface area (Å²) < 4.78 is 6.26. The largest absolute Gasteiger partial charge is 0.464 e. The number of methoxy groups -OCH3 is 1. The zero-order valence-corrected chi connectivity index (χ0v) is 13.3. The Bertz CT molecular complexity index is 840. The monoisotopic (exact) mass is 323 g/mol. The zero-order chi connectivity index (χ0) is 17.3. The number of carbonyl (C=O) groups is 2. The number of hydrogen-bond acceptors (Lipinski definition) is 5. The first-order chi connectivity index (χ1) is 11.6. The molecule has 0 amide bonds. The van der Waals surface area contributed by atoms with E-state index in [9.17, 15) is 9.59 Å². The molecule has 0 radical (unpaired) electrons. The lowest BCUT2D eigenvalue weighted by atomic mass is 9.80. The molecule has 1 aliphatic rings. The van der Waals surface area contributed by atoms with Crippen LogP contribution in [0.5, 0.6) is 0 Å². The van der Waals surface area contributed by atoms with Gasteiger partial charge in [-0.2, -0.15) is 5.26 Å². The Kier molecular flexibility index (Phi) is 4.09. The van der Waals surface area contributed by atoms with Crippen LogP contribution in [0.15, 0.2) is 30.5 Å². The fourth-order valence-corrected chi connectivity index (χ4v) is 2.81. The van der Waals surface area contributed by atoms with Crippen molar-refractivity contribution < 1.29 is 14.3 Å². The maximum absolute atomic E-state index is 12.3. The molecular formula is C18H17N3O3. The number of nitrogens with zero attached hydrogens (tertiary/aromatic N) is 2. The van der Waals surface area contributed by atoms with E-state index in [4.69, 9.17) is 15.7 Å². The zero-order valence-electron chi connectivity index (χ0n) is 13.3. The summed E-state index contributed by atoms with van der Waals surface area (Å²) in [5, 5.41) is 9.13. The third kappa shape index (κ3) is 2.54. The van der Waals surface area contributed by atoms with Crippen LogP contribution < -0.4 is 5.73 Å². The number of ketones is 1. The molecule has 0 spiro atoms. The summed E-state index contributed by atoms with van der Waals surface area (Å²) in [6, 6.07) is 8.90. The van der Waals surface area contributed by atoms with E-state index in [1.807, 2.05) is 6.07 Å². The van der Waals surface area contributed by atoms with Crippen molar-refractivity contribution in [2.24, 2.45) is 5.92 Å². The number of Topliss-reactive ketones (excluding diaryl/α,β-unsaturated/α-hetero) is 1. The molecule has 0 aliphatic heterocycles. The Labute approximate surface area is 139 Å². The molecule has 1 aromatic carbocycles. The Balaban J connectivity index is 1.98. The molecule has 0 unspecified atom stereocenters. The van der Waals surface area contributed by atoms with Gasteiger partial charge < -0.3 is 15.0 Å². The summed E-state index contributed by atoms with van der Waals surface area (Å²) in [7, 11) is 1.26. The molecule has 1 aliphatic carbocycles. The third-order valence-corrected chi connectivity index (χ3v) is 4.45. The van der Waals surface area contributed by atoms with Crippen molar-refractivity contribution in [3.8, 4) is 11.8 Å². The van der Waals surface area contributed by atoms with E-state index in [0.29, 0.717) is 11.3 Å². The maximum Gasteiger partial charge on any atom is 0.357 e. The summed E-state index contributed by atoms with van der Waals surface area (Å²) in [6.07, 6.45) is 4.50. The first kappa shape index (κ1) is 15.8. The fourth-order valence-electron chi connectivity index (χ4n) is 2.81. The number of nitrogens with two attached hydrogens (primary N) is 1. The topological polar surface area (TPSA) is 98.1 Å². The summed E-state index contributed by atoms with van der Waals surface area (Å²) in [4.78, 5) is 24.2. The van der Waals surface area contributed by atoms with Gasteiger partial charge in [0.1, 0.15) is 6.07 Å². The molecule has 0 bridgehead atoms.